The SMILES string of the molecule is CC(C)C(=O)N1CCC2(CC1)CN(CCC(C)(C)C)C2. The molecule has 0 aromatic rings. The van der Waals surface area contributed by atoms with Crippen LogP contribution in [0.15, 0.2) is 0 Å². The van der Waals surface area contributed by atoms with Crippen molar-refractivity contribution in [3.63, 3.8) is 0 Å². The monoisotopic (exact) mass is 280 g/mol. The van der Waals surface area contributed by atoms with E-state index in [1.807, 2.05) is 13.8 Å². The molecule has 0 aromatic carbocycles. The van der Waals surface area contributed by atoms with Crippen molar-refractivity contribution in [1.29, 1.82) is 0 Å². The van der Waals surface area contributed by atoms with E-state index in [2.05, 4.69) is 30.6 Å². The molecule has 0 aliphatic carbocycles. The number of amides is 1. The first-order valence-corrected chi connectivity index (χ1v) is 8.22. The maximum Gasteiger partial charge on any atom is 0.225 e. The summed E-state index contributed by atoms with van der Waals surface area (Å²) in [4.78, 5) is 16.7. The molecule has 3 heteroatoms. The molecule has 0 atom stereocenters. The van der Waals surface area contributed by atoms with E-state index in [0.717, 1.165) is 13.1 Å². The van der Waals surface area contributed by atoms with E-state index in [1.165, 1.54) is 38.9 Å². The highest BCUT2D eigenvalue weighted by Gasteiger charge is 2.45. The van der Waals surface area contributed by atoms with Gasteiger partial charge in [-0.1, -0.05) is 34.6 Å². The molecule has 2 saturated heterocycles. The molecular weight excluding hydrogens is 248 g/mol. The molecule has 0 unspecified atom stereocenters. The van der Waals surface area contributed by atoms with Gasteiger partial charge in [-0.3, -0.25) is 4.79 Å². The van der Waals surface area contributed by atoms with Gasteiger partial charge in [0.25, 0.3) is 0 Å². The van der Waals surface area contributed by atoms with Crippen molar-refractivity contribution in [2.45, 2.75) is 53.9 Å². The van der Waals surface area contributed by atoms with Crippen LogP contribution in [0.25, 0.3) is 0 Å². The van der Waals surface area contributed by atoms with Crippen molar-refractivity contribution in [2.75, 3.05) is 32.7 Å². The zero-order valence-electron chi connectivity index (χ0n) is 14.0. The summed E-state index contributed by atoms with van der Waals surface area (Å²) in [6.07, 6.45) is 3.69. The van der Waals surface area contributed by atoms with Crippen LogP contribution in [-0.4, -0.2) is 48.4 Å². The molecule has 0 N–H and O–H groups in total. The van der Waals surface area contributed by atoms with Crippen LogP contribution < -0.4 is 0 Å². The first-order valence-electron chi connectivity index (χ1n) is 8.22. The van der Waals surface area contributed by atoms with E-state index in [-0.39, 0.29) is 5.92 Å². The standard InChI is InChI=1S/C17H32N2O/c1-14(2)15(20)19-10-7-17(8-11-19)12-18(13-17)9-6-16(3,4)5/h14H,6-13H2,1-5H3. The van der Waals surface area contributed by atoms with E-state index in [0.29, 0.717) is 16.7 Å². The normalized spacial score (nSPS) is 23.2. The highest BCUT2D eigenvalue weighted by atomic mass is 16.2. The third-order valence-corrected chi connectivity index (χ3v) is 4.93. The molecule has 116 valence electrons. The van der Waals surface area contributed by atoms with Crippen molar-refractivity contribution < 1.29 is 4.79 Å². The lowest BCUT2D eigenvalue weighted by Crippen LogP contribution is -2.61. The van der Waals surface area contributed by atoms with Gasteiger partial charge in [-0.05, 0) is 36.6 Å². The molecule has 1 spiro atoms. The van der Waals surface area contributed by atoms with Gasteiger partial charge in [0.2, 0.25) is 5.91 Å². The van der Waals surface area contributed by atoms with Crippen LogP contribution in [0.3, 0.4) is 0 Å². The van der Waals surface area contributed by atoms with Gasteiger partial charge in [0.1, 0.15) is 0 Å². The summed E-state index contributed by atoms with van der Waals surface area (Å²) >= 11 is 0. The third-order valence-electron chi connectivity index (χ3n) is 4.93. The predicted molar refractivity (Wildman–Crippen MR) is 83.6 cm³/mol. The van der Waals surface area contributed by atoms with Crippen molar-refractivity contribution in [3.05, 3.63) is 0 Å². The van der Waals surface area contributed by atoms with Gasteiger partial charge in [-0.25, -0.2) is 0 Å². The number of piperidine rings is 1. The van der Waals surface area contributed by atoms with Crippen molar-refractivity contribution in [3.8, 4) is 0 Å². The summed E-state index contributed by atoms with van der Waals surface area (Å²) in [6, 6.07) is 0. The Morgan fingerprint density at radius 1 is 1.15 bits per heavy atom. The second kappa shape index (κ2) is 5.67. The van der Waals surface area contributed by atoms with Gasteiger partial charge in [0.05, 0.1) is 0 Å². The van der Waals surface area contributed by atoms with Crippen LogP contribution in [0.5, 0.6) is 0 Å². The minimum atomic E-state index is 0.147. The largest absolute Gasteiger partial charge is 0.342 e. The molecule has 2 aliphatic rings. The number of likely N-dealkylation sites (tertiary alicyclic amines) is 2. The van der Waals surface area contributed by atoms with Gasteiger partial charge >= 0.3 is 0 Å². The zero-order valence-corrected chi connectivity index (χ0v) is 14.0. The zero-order chi connectivity index (χ0) is 15.0. The fourth-order valence-electron chi connectivity index (χ4n) is 3.44. The summed E-state index contributed by atoms with van der Waals surface area (Å²) in [7, 11) is 0. The Morgan fingerprint density at radius 2 is 1.70 bits per heavy atom. The Morgan fingerprint density at radius 3 is 2.15 bits per heavy atom. The minimum absolute atomic E-state index is 0.147. The first kappa shape index (κ1) is 15.8. The number of nitrogens with zero attached hydrogens (tertiary/aromatic N) is 2. The van der Waals surface area contributed by atoms with E-state index in [4.69, 9.17) is 0 Å². The Labute approximate surface area is 124 Å². The lowest BCUT2D eigenvalue weighted by molar-refractivity contribution is -0.139. The molecule has 2 aliphatic heterocycles. The summed E-state index contributed by atoms with van der Waals surface area (Å²) in [5.74, 6) is 0.484. The molecule has 1 amide bonds. The number of rotatable bonds is 3. The van der Waals surface area contributed by atoms with Gasteiger partial charge in [0, 0.05) is 32.1 Å². The average molecular weight is 280 g/mol. The molecule has 20 heavy (non-hydrogen) atoms. The maximum absolute atomic E-state index is 12.0. The van der Waals surface area contributed by atoms with Crippen molar-refractivity contribution in [1.82, 2.24) is 9.80 Å². The lowest BCUT2D eigenvalue weighted by atomic mass is 9.71. The second-order valence-electron chi connectivity index (χ2n) is 8.50. The van der Waals surface area contributed by atoms with Crippen molar-refractivity contribution >= 4 is 5.91 Å². The molecule has 0 radical (unpaired) electrons. The van der Waals surface area contributed by atoms with Gasteiger partial charge < -0.3 is 9.80 Å². The summed E-state index contributed by atoms with van der Waals surface area (Å²) in [6.45, 7) is 16.7. The van der Waals surface area contributed by atoms with E-state index < -0.39 is 0 Å². The first-order chi connectivity index (χ1) is 9.21. The van der Waals surface area contributed by atoms with Crippen LogP contribution in [0.2, 0.25) is 0 Å². The molecule has 0 aromatic heterocycles. The van der Waals surface area contributed by atoms with Crippen LogP contribution in [0.1, 0.15) is 53.9 Å². The maximum atomic E-state index is 12.0. The molecule has 2 fully saturated rings. The molecule has 2 heterocycles. The highest BCUT2D eigenvalue weighted by molar-refractivity contribution is 5.78. The summed E-state index contributed by atoms with van der Waals surface area (Å²) in [5, 5.41) is 0. The lowest BCUT2D eigenvalue weighted by Gasteiger charge is -2.54. The smallest absolute Gasteiger partial charge is 0.225 e. The molecule has 3 nitrogen and oxygen atoms in total. The number of hydrogen-bond acceptors (Lipinski definition) is 2. The molecule has 0 bridgehead atoms. The van der Waals surface area contributed by atoms with Crippen molar-refractivity contribution in [2.24, 2.45) is 16.7 Å². The fraction of sp³-hybridized carbons (Fsp3) is 0.941. The number of hydrogen-bond donors (Lipinski definition) is 0. The van der Waals surface area contributed by atoms with Gasteiger partial charge in [-0.2, -0.15) is 0 Å². The average Bonchev–Trinajstić information content (AvgIpc) is 2.32. The number of carbonyl (C=O) groups is 1. The van der Waals surface area contributed by atoms with Gasteiger partial charge in [0.15, 0.2) is 0 Å². The van der Waals surface area contributed by atoms with Gasteiger partial charge in [-0.15, -0.1) is 0 Å². The van der Waals surface area contributed by atoms with Crippen LogP contribution in [-0.2, 0) is 4.79 Å². The van der Waals surface area contributed by atoms with E-state index in [1.54, 1.807) is 0 Å². The summed E-state index contributed by atoms with van der Waals surface area (Å²) < 4.78 is 0. The predicted octanol–water partition coefficient (Wildman–Crippen LogP) is 3.00. The topological polar surface area (TPSA) is 23.6 Å². The Hall–Kier alpha value is -0.570. The highest BCUT2D eigenvalue weighted by Crippen LogP contribution is 2.41. The van der Waals surface area contributed by atoms with E-state index in [9.17, 15) is 4.79 Å². The minimum Gasteiger partial charge on any atom is -0.342 e. The van der Waals surface area contributed by atoms with Crippen LogP contribution in [0.4, 0.5) is 0 Å². The third kappa shape index (κ3) is 3.75. The van der Waals surface area contributed by atoms with E-state index >= 15 is 0 Å². The fourth-order valence-corrected chi connectivity index (χ4v) is 3.44. The summed E-state index contributed by atoms with van der Waals surface area (Å²) in [5.41, 5.74) is 0.974. The Kier molecular flexibility index (Phi) is 4.48. The Bertz CT molecular complexity index is 340. The molecule has 0 saturated carbocycles. The Balaban J connectivity index is 1.72. The molecule has 2 rings (SSSR count). The van der Waals surface area contributed by atoms with Crippen LogP contribution >= 0.6 is 0 Å². The number of carbonyl (C=O) groups excluding carboxylic acids is 1. The second-order valence-corrected chi connectivity index (χ2v) is 8.50. The van der Waals surface area contributed by atoms with Crippen LogP contribution in [0, 0.1) is 16.7 Å². The molecular formula is C17H32N2O. The quantitative estimate of drug-likeness (QED) is 0.793.